The van der Waals surface area contributed by atoms with Crippen LogP contribution >= 0.6 is 11.8 Å². The van der Waals surface area contributed by atoms with Crippen LogP contribution < -0.4 is 0 Å². The van der Waals surface area contributed by atoms with Gasteiger partial charge in [0.15, 0.2) is 5.17 Å². The molecule has 0 aliphatic carbocycles. The van der Waals surface area contributed by atoms with Crippen LogP contribution in [0.15, 0.2) is 96.0 Å². The van der Waals surface area contributed by atoms with Crippen LogP contribution in [0.4, 0.5) is 4.39 Å². The average molecular weight is 551 g/mol. The van der Waals surface area contributed by atoms with E-state index in [0.29, 0.717) is 13.2 Å². The summed E-state index contributed by atoms with van der Waals surface area (Å²) in [7, 11) is 3.91. The van der Waals surface area contributed by atoms with Crippen molar-refractivity contribution in [2.45, 2.75) is 55.7 Å². The highest BCUT2D eigenvalue weighted by atomic mass is 32.2. The van der Waals surface area contributed by atoms with Gasteiger partial charge < -0.3 is 23.8 Å². The number of halogens is 1. The summed E-state index contributed by atoms with van der Waals surface area (Å²) in [6.07, 6.45) is -2.58. The monoisotopic (exact) mass is 550 g/mol. The normalized spacial score (nSPS) is 25.1. The van der Waals surface area contributed by atoms with Gasteiger partial charge in [-0.25, -0.2) is 4.39 Å². The first-order valence-electron chi connectivity index (χ1n) is 13.2. The van der Waals surface area contributed by atoms with Crippen LogP contribution in [0.1, 0.15) is 16.7 Å². The first kappa shape index (κ1) is 27.8. The van der Waals surface area contributed by atoms with Crippen molar-refractivity contribution in [3.05, 3.63) is 108 Å². The number of rotatable bonds is 11. The predicted octanol–water partition coefficient (Wildman–Crippen LogP) is 5.47. The number of aliphatic imine (C=N–C) groups is 1. The highest BCUT2D eigenvalue weighted by Crippen LogP contribution is 2.41. The summed E-state index contributed by atoms with van der Waals surface area (Å²) in [5.74, 6) is 0. The standard InChI is InChI=1S/C31H35FN2O4S/c1-34(2)31-33-26-28(36-20-23-14-8-4-9-15-23)29(37-21-24-16-10-5-11-17-24)27(38-30(26)39-31)25(18-32)35-19-22-12-6-3-7-13-22/h3-17,25-30H,18-21H2,1-2H3/t25?,26-,27-,28-,29-,30-/m1/s1. The van der Waals surface area contributed by atoms with Crippen LogP contribution in [-0.2, 0) is 38.8 Å². The van der Waals surface area contributed by atoms with Crippen LogP contribution in [0.5, 0.6) is 0 Å². The fraction of sp³-hybridized carbons (Fsp3) is 0.387. The van der Waals surface area contributed by atoms with E-state index in [4.69, 9.17) is 23.9 Å². The minimum atomic E-state index is -0.834. The van der Waals surface area contributed by atoms with Gasteiger partial charge in [-0.05, 0) is 16.7 Å². The first-order valence-corrected chi connectivity index (χ1v) is 14.1. The smallest absolute Gasteiger partial charge is 0.161 e. The molecule has 0 N–H and O–H groups in total. The van der Waals surface area contributed by atoms with Crippen molar-refractivity contribution in [3.63, 3.8) is 0 Å². The Morgan fingerprint density at radius 2 is 1.31 bits per heavy atom. The molecule has 6 nitrogen and oxygen atoms in total. The van der Waals surface area contributed by atoms with Crippen molar-refractivity contribution in [3.8, 4) is 0 Å². The van der Waals surface area contributed by atoms with Gasteiger partial charge in [-0.1, -0.05) is 103 Å². The molecule has 206 valence electrons. The topological polar surface area (TPSA) is 52.5 Å². The van der Waals surface area contributed by atoms with Crippen molar-refractivity contribution >= 4 is 16.9 Å². The molecule has 1 unspecified atom stereocenters. The molecule has 1 fully saturated rings. The SMILES string of the molecule is CN(C)C1=N[C@@H]2[C@@H](OCc3ccccc3)[C@H](OCc3ccccc3)[C@@H](C(CF)OCc3ccccc3)O[C@@H]2S1. The Balaban J connectivity index is 1.43. The molecule has 39 heavy (non-hydrogen) atoms. The maximum atomic E-state index is 14.7. The molecule has 2 aliphatic rings. The Labute approximate surface area is 234 Å². The number of thioether (sulfide) groups is 1. The van der Waals surface area contributed by atoms with Crippen LogP contribution in [0.2, 0.25) is 0 Å². The van der Waals surface area contributed by atoms with E-state index in [9.17, 15) is 4.39 Å². The molecule has 0 saturated carbocycles. The second-order valence-electron chi connectivity index (χ2n) is 9.90. The number of benzene rings is 3. The quantitative estimate of drug-likeness (QED) is 0.316. The van der Waals surface area contributed by atoms with E-state index >= 15 is 0 Å². The maximum absolute atomic E-state index is 14.7. The molecule has 0 radical (unpaired) electrons. The summed E-state index contributed by atoms with van der Waals surface area (Å²) < 4.78 is 40.5. The van der Waals surface area contributed by atoms with Crippen molar-refractivity contribution in [2.24, 2.45) is 4.99 Å². The molecule has 8 heteroatoms. The van der Waals surface area contributed by atoms with Crippen molar-refractivity contribution < 1.29 is 23.3 Å². The molecule has 0 amide bonds. The molecular formula is C31H35FN2O4S. The van der Waals surface area contributed by atoms with Crippen LogP contribution in [0.25, 0.3) is 0 Å². The Kier molecular flexibility index (Phi) is 9.66. The molecule has 2 aliphatic heterocycles. The largest absolute Gasteiger partial charge is 0.368 e. The average Bonchev–Trinajstić information content (AvgIpc) is 3.41. The molecule has 0 aromatic heterocycles. The summed E-state index contributed by atoms with van der Waals surface area (Å²) in [5, 5.41) is 0.850. The number of hydrogen-bond acceptors (Lipinski definition) is 7. The second-order valence-corrected chi connectivity index (χ2v) is 11.0. The lowest BCUT2D eigenvalue weighted by atomic mass is 9.94. The molecule has 3 aromatic carbocycles. The molecule has 1 saturated heterocycles. The molecule has 6 atom stereocenters. The van der Waals surface area contributed by atoms with Gasteiger partial charge in [0.05, 0.1) is 19.8 Å². The number of amidine groups is 1. The first-order chi connectivity index (χ1) is 19.1. The van der Waals surface area contributed by atoms with Gasteiger partial charge in [0.25, 0.3) is 0 Å². The van der Waals surface area contributed by atoms with E-state index in [2.05, 4.69) is 0 Å². The summed E-state index contributed by atoms with van der Waals surface area (Å²) in [4.78, 5) is 6.93. The lowest BCUT2D eigenvalue weighted by Gasteiger charge is -2.44. The van der Waals surface area contributed by atoms with E-state index in [0.717, 1.165) is 21.9 Å². The Morgan fingerprint density at radius 3 is 1.82 bits per heavy atom. The molecule has 0 spiro atoms. The Morgan fingerprint density at radius 1 is 0.795 bits per heavy atom. The van der Waals surface area contributed by atoms with Crippen LogP contribution in [0, 0.1) is 0 Å². The molecule has 3 aromatic rings. The van der Waals surface area contributed by atoms with Crippen molar-refractivity contribution in [1.82, 2.24) is 4.90 Å². The zero-order valence-corrected chi connectivity index (χ0v) is 23.1. The lowest BCUT2D eigenvalue weighted by molar-refractivity contribution is -0.230. The second kappa shape index (κ2) is 13.5. The van der Waals surface area contributed by atoms with Gasteiger partial charge in [-0.15, -0.1) is 0 Å². The zero-order valence-electron chi connectivity index (χ0n) is 22.3. The predicted molar refractivity (Wildman–Crippen MR) is 152 cm³/mol. The third-order valence-electron chi connectivity index (χ3n) is 6.81. The fourth-order valence-electron chi connectivity index (χ4n) is 4.78. The van der Waals surface area contributed by atoms with E-state index in [1.54, 1.807) is 0 Å². The third-order valence-corrected chi connectivity index (χ3v) is 8.12. The van der Waals surface area contributed by atoms with Gasteiger partial charge in [-0.3, -0.25) is 4.99 Å². The number of fused-ring (bicyclic) bond motifs is 1. The zero-order chi connectivity index (χ0) is 27.0. The Hall–Kier alpha value is -2.75. The van der Waals surface area contributed by atoms with Crippen molar-refractivity contribution in [1.29, 1.82) is 0 Å². The molecule has 5 rings (SSSR count). The van der Waals surface area contributed by atoms with Gasteiger partial charge in [0, 0.05) is 14.1 Å². The summed E-state index contributed by atoms with van der Waals surface area (Å²) in [6.45, 7) is 0.285. The van der Waals surface area contributed by atoms with Gasteiger partial charge in [-0.2, -0.15) is 0 Å². The minimum absolute atomic E-state index is 0.275. The van der Waals surface area contributed by atoms with Gasteiger partial charge in [0.1, 0.15) is 42.6 Å². The fourth-order valence-corrected chi connectivity index (χ4v) is 5.92. The maximum Gasteiger partial charge on any atom is 0.161 e. The minimum Gasteiger partial charge on any atom is -0.368 e. The molecule has 0 bridgehead atoms. The van der Waals surface area contributed by atoms with E-state index in [-0.39, 0.29) is 18.1 Å². The lowest BCUT2D eigenvalue weighted by Crippen LogP contribution is -2.60. The highest BCUT2D eigenvalue weighted by molar-refractivity contribution is 8.14. The van der Waals surface area contributed by atoms with Crippen LogP contribution in [0.3, 0.4) is 0 Å². The number of alkyl halides is 1. The van der Waals surface area contributed by atoms with E-state index < -0.39 is 31.1 Å². The van der Waals surface area contributed by atoms with E-state index in [1.165, 1.54) is 11.8 Å². The summed E-state index contributed by atoms with van der Waals surface area (Å²) in [5.41, 5.74) is 2.69. The van der Waals surface area contributed by atoms with Crippen LogP contribution in [-0.4, -0.2) is 66.7 Å². The van der Waals surface area contributed by atoms with Gasteiger partial charge in [0.2, 0.25) is 0 Å². The third kappa shape index (κ3) is 7.07. The molecule has 2 heterocycles. The Bertz CT molecular complexity index is 1180. The summed E-state index contributed by atoms with van der Waals surface area (Å²) in [6, 6.07) is 29.4. The molecular weight excluding hydrogens is 515 g/mol. The van der Waals surface area contributed by atoms with Gasteiger partial charge >= 0.3 is 0 Å². The summed E-state index contributed by atoms with van der Waals surface area (Å²) >= 11 is 1.53. The highest BCUT2D eigenvalue weighted by Gasteiger charge is 2.53. The number of hydrogen-bond donors (Lipinski definition) is 0. The van der Waals surface area contributed by atoms with E-state index in [1.807, 2.05) is 110 Å². The van der Waals surface area contributed by atoms with Crippen molar-refractivity contribution in [2.75, 3.05) is 20.8 Å². The number of nitrogens with zero attached hydrogens (tertiary/aromatic N) is 2. The number of ether oxygens (including phenoxy) is 4.